The molecule has 1 saturated heterocycles. The Morgan fingerprint density at radius 1 is 1.00 bits per heavy atom. The van der Waals surface area contributed by atoms with Crippen molar-refractivity contribution in [2.45, 2.75) is 0 Å². The second-order valence-corrected chi connectivity index (χ2v) is 7.01. The van der Waals surface area contributed by atoms with E-state index < -0.39 is 0 Å². The molecule has 0 amide bonds. The third-order valence-electron chi connectivity index (χ3n) is 5.21. The van der Waals surface area contributed by atoms with Gasteiger partial charge in [-0.1, -0.05) is 18.2 Å². The molecule has 0 unspecified atom stereocenters. The summed E-state index contributed by atoms with van der Waals surface area (Å²) in [5, 5.41) is 13.3. The number of fused-ring (bicyclic) bond motifs is 2. The van der Waals surface area contributed by atoms with E-state index in [9.17, 15) is 0 Å². The SMILES string of the molecule is c1ccc2c(-c3ccn(-c4ccc5oc(N6CCOCC6)nc5c4)n3)n[nH]c2c1. The van der Waals surface area contributed by atoms with E-state index >= 15 is 0 Å². The number of hydrogen-bond donors (Lipinski definition) is 1. The van der Waals surface area contributed by atoms with Crippen molar-refractivity contribution in [2.24, 2.45) is 0 Å². The fraction of sp³-hybridized carbons (Fsp3) is 0.190. The molecule has 8 heteroatoms. The Bertz CT molecular complexity index is 1310. The Balaban J connectivity index is 1.35. The van der Waals surface area contributed by atoms with Crippen LogP contribution in [-0.2, 0) is 4.74 Å². The molecule has 0 radical (unpaired) electrons. The summed E-state index contributed by atoms with van der Waals surface area (Å²) >= 11 is 0. The van der Waals surface area contributed by atoms with Crippen molar-refractivity contribution in [3.8, 4) is 17.1 Å². The highest BCUT2D eigenvalue weighted by Gasteiger charge is 2.18. The van der Waals surface area contributed by atoms with E-state index in [1.54, 1.807) is 0 Å². The lowest BCUT2D eigenvalue weighted by Gasteiger charge is -2.24. The van der Waals surface area contributed by atoms with Gasteiger partial charge < -0.3 is 14.1 Å². The minimum absolute atomic E-state index is 0.643. The van der Waals surface area contributed by atoms with Crippen molar-refractivity contribution < 1.29 is 9.15 Å². The van der Waals surface area contributed by atoms with Gasteiger partial charge in [0, 0.05) is 24.7 Å². The molecule has 1 aliphatic rings. The van der Waals surface area contributed by atoms with Crippen LogP contribution in [0.15, 0.2) is 59.1 Å². The van der Waals surface area contributed by atoms with Crippen LogP contribution in [0, 0.1) is 0 Å². The van der Waals surface area contributed by atoms with E-state index in [0.717, 1.165) is 52.2 Å². The van der Waals surface area contributed by atoms with Crippen LogP contribution in [0.2, 0.25) is 0 Å². The molecule has 144 valence electrons. The van der Waals surface area contributed by atoms with Gasteiger partial charge >= 0.3 is 0 Å². The van der Waals surface area contributed by atoms with E-state index in [0.29, 0.717) is 19.2 Å². The Kier molecular flexibility index (Phi) is 3.63. The maximum absolute atomic E-state index is 5.93. The Labute approximate surface area is 165 Å². The molecular weight excluding hydrogens is 368 g/mol. The molecule has 4 heterocycles. The molecule has 1 N–H and O–H groups in total. The third kappa shape index (κ3) is 2.76. The number of anilines is 1. The molecule has 0 aliphatic carbocycles. The maximum Gasteiger partial charge on any atom is 0.298 e. The first kappa shape index (κ1) is 16.3. The molecule has 0 bridgehead atoms. The first-order chi connectivity index (χ1) is 14.3. The van der Waals surface area contributed by atoms with E-state index in [1.165, 1.54) is 0 Å². The number of nitrogens with zero attached hydrogens (tertiary/aromatic N) is 5. The summed E-state index contributed by atoms with van der Waals surface area (Å²) in [7, 11) is 0. The molecule has 2 aromatic carbocycles. The van der Waals surface area contributed by atoms with Crippen LogP contribution < -0.4 is 4.90 Å². The molecule has 3 aromatic heterocycles. The number of para-hydroxylation sites is 1. The zero-order chi connectivity index (χ0) is 19.2. The number of oxazole rings is 1. The normalized spacial score (nSPS) is 14.8. The van der Waals surface area contributed by atoms with E-state index in [1.807, 2.05) is 59.4 Å². The molecule has 0 atom stereocenters. The quantitative estimate of drug-likeness (QED) is 0.512. The minimum atomic E-state index is 0.643. The van der Waals surface area contributed by atoms with Gasteiger partial charge in [0.1, 0.15) is 16.9 Å². The van der Waals surface area contributed by atoms with Crippen molar-refractivity contribution in [1.29, 1.82) is 0 Å². The minimum Gasteiger partial charge on any atom is -0.423 e. The van der Waals surface area contributed by atoms with Crippen LogP contribution in [0.25, 0.3) is 39.1 Å². The summed E-state index contributed by atoms with van der Waals surface area (Å²) in [6.07, 6.45) is 1.93. The largest absolute Gasteiger partial charge is 0.423 e. The molecule has 5 aromatic rings. The van der Waals surface area contributed by atoms with Crippen molar-refractivity contribution in [3.05, 3.63) is 54.7 Å². The van der Waals surface area contributed by atoms with Gasteiger partial charge in [-0.2, -0.15) is 15.2 Å². The van der Waals surface area contributed by atoms with Gasteiger partial charge in [-0.05, 0) is 30.3 Å². The lowest BCUT2D eigenvalue weighted by molar-refractivity contribution is 0.120. The van der Waals surface area contributed by atoms with Crippen molar-refractivity contribution in [1.82, 2.24) is 25.0 Å². The van der Waals surface area contributed by atoms with Gasteiger partial charge in [0.05, 0.1) is 24.4 Å². The van der Waals surface area contributed by atoms with E-state index in [4.69, 9.17) is 14.3 Å². The fourth-order valence-electron chi connectivity index (χ4n) is 3.69. The van der Waals surface area contributed by atoms with Crippen LogP contribution in [0.3, 0.4) is 0 Å². The first-order valence-electron chi connectivity index (χ1n) is 9.58. The number of ether oxygens (including phenoxy) is 1. The summed E-state index contributed by atoms with van der Waals surface area (Å²) in [6, 6.07) is 16.6. The highest BCUT2D eigenvalue weighted by Crippen LogP contribution is 2.27. The Morgan fingerprint density at radius 2 is 1.90 bits per heavy atom. The highest BCUT2D eigenvalue weighted by atomic mass is 16.5. The molecule has 8 nitrogen and oxygen atoms in total. The average Bonchev–Trinajstić information content (AvgIpc) is 3.51. The lowest BCUT2D eigenvalue weighted by Crippen LogP contribution is -2.36. The number of nitrogens with one attached hydrogen (secondary N) is 1. The molecule has 1 fully saturated rings. The van der Waals surface area contributed by atoms with Gasteiger partial charge in [-0.3, -0.25) is 5.10 Å². The number of H-pyrrole nitrogens is 1. The van der Waals surface area contributed by atoms with Crippen LogP contribution in [0.1, 0.15) is 0 Å². The van der Waals surface area contributed by atoms with Gasteiger partial charge in [0.2, 0.25) is 0 Å². The molecule has 6 rings (SSSR count). The number of hydrogen-bond acceptors (Lipinski definition) is 6. The Hall–Kier alpha value is -3.65. The summed E-state index contributed by atoms with van der Waals surface area (Å²) in [6.45, 7) is 2.98. The zero-order valence-corrected chi connectivity index (χ0v) is 15.6. The topological polar surface area (TPSA) is 85.0 Å². The number of benzene rings is 2. The van der Waals surface area contributed by atoms with E-state index in [2.05, 4.69) is 20.1 Å². The van der Waals surface area contributed by atoms with Crippen LogP contribution >= 0.6 is 0 Å². The summed E-state index contributed by atoms with van der Waals surface area (Å²) < 4.78 is 13.2. The van der Waals surface area contributed by atoms with E-state index in [-0.39, 0.29) is 0 Å². The Morgan fingerprint density at radius 3 is 2.83 bits per heavy atom. The molecule has 0 spiro atoms. The first-order valence-corrected chi connectivity index (χ1v) is 9.58. The van der Waals surface area contributed by atoms with Crippen LogP contribution in [0.5, 0.6) is 0 Å². The second kappa shape index (κ2) is 6.46. The van der Waals surface area contributed by atoms with Gasteiger partial charge in [-0.25, -0.2) is 4.68 Å². The van der Waals surface area contributed by atoms with Crippen LogP contribution in [-0.4, -0.2) is 51.3 Å². The zero-order valence-electron chi connectivity index (χ0n) is 15.6. The highest BCUT2D eigenvalue weighted by molar-refractivity contribution is 5.91. The summed E-state index contributed by atoms with van der Waals surface area (Å²) in [5.74, 6) is 0. The van der Waals surface area contributed by atoms with Gasteiger partial charge in [-0.15, -0.1) is 0 Å². The van der Waals surface area contributed by atoms with Crippen molar-refractivity contribution in [2.75, 3.05) is 31.2 Å². The molecular formula is C21H18N6O2. The van der Waals surface area contributed by atoms with Crippen molar-refractivity contribution in [3.63, 3.8) is 0 Å². The predicted molar refractivity (Wildman–Crippen MR) is 109 cm³/mol. The number of aromatic nitrogens is 5. The van der Waals surface area contributed by atoms with Crippen LogP contribution in [0.4, 0.5) is 6.01 Å². The third-order valence-corrected chi connectivity index (χ3v) is 5.21. The lowest BCUT2D eigenvalue weighted by atomic mass is 10.2. The summed E-state index contributed by atoms with van der Waals surface area (Å²) in [4.78, 5) is 6.77. The molecule has 29 heavy (non-hydrogen) atoms. The number of morpholine rings is 1. The summed E-state index contributed by atoms with van der Waals surface area (Å²) in [5.41, 5.74) is 5.16. The number of aromatic amines is 1. The molecule has 1 aliphatic heterocycles. The molecule has 0 saturated carbocycles. The monoisotopic (exact) mass is 386 g/mol. The maximum atomic E-state index is 5.93. The van der Waals surface area contributed by atoms with Gasteiger partial charge in [0.25, 0.3) is 6.01 Å². The smallest absolute Gasteiger partial charge is 0.298 e. The number of rotatable bonds is 3. The second-order valence-electron chi connectivity index (χ2n) is 7.01. The van der Waals surface area contributed by atoms with Gasteiger partial charge in [0.15, 0.2) is 5.58 Å². The fourth-order valence-corrected chi connectivity index (χ4v) is 3.69. The van der Waals surface area contributed by atoms with Crippen molar-refractivity contribution >= 4 is 28.0 Å². The predicted octanol–water partition coefficient (Wildman–Crippen LogP) is 3.39. The standard InChI is InChI=1S/C21H18N6O2/c1-2-4-16-15(3-1)20(24-23-16)17-7-8-27(25-17)14-5-6-19-18(13-14)22-21(29-19)26-9-11-28-12-10-26/h1-8,13H,9-12H2,(H,23,24). The average molecular weight is 386 g/mol.